The maximum atomic E-state index is 13.3. The lowest BCUT2D eigenvalue weighted by Crippen LogP contribution is -2.45. The number of hydrogen-bond acceptors (Lipinski definition) is 3. The number of carbonyl (C=O) groups excluding carboxylic acids is 2. The van der Waals surface area contributed by atoms with E-state index in [1.165, 1.54) is 0 Å². The summed E-state index contributed by atoms with van der Waals surface area (Å²) >= 11 is 0. The fraction of sp³-hybridized carbons (Fsp3) is 0.360. The summed E-state index contributed by atoms with van der Waals surface area (Å²) in [5.41, 5.74) is 1.48. The van der Waals surface area contributed by atoms with Crippen LogP contribution in [0.2, 0.25) is 0 Å². The van der Waals surface area contributed by atoms with E-state index in [9.17, 15) is 9.59 Å². The Morgan fingerprint density at radius 2 is 1.87 bits per heavy atom. The van der Waals surface area contributed by atoms with E-state index < -0.39 is 17.4 Å². The van der Waals surface area contributed by atoms with Gasteiger partial charge in [0.05, 0.1) is 30.5 Å². The average molecular weight is 402 g/mol. The van der Waals surface area contributed by atoms with Crippen LogP contribution in [0, 0.1) is 11.8 Å². The van der Waals surface area contributed by atoms with E-state index in [0.29, 0.717) is 13.1 Å². The number of benzene rings is 2. The summed E-state index contributed by atoms with van der Waals surface area (Å²) < 4.78 is 6.24. The van der Waals surface area contributed by atoms with Crippen molar-refractivity contribution in [2.75, 3.05) is 6.54 Å². The van der Waals surface area contributed by atoms with Gasteiger partial charge < -0.3 is 15.0 Å². The largest absolute Gasteiger partial charge is 0.360 e. The fourth-order valence-corrected chi connectivity index (χ4v) is 5.19. The monoisotopic (exact) mass is 402 g/mol. The van der Waals surface area contributed by atoms with Gasteiger partial charge in [0, 0.05) is 6.54 Å². The predicted molar refractivity (Wildman–Crippen MR) is 113 cm³/mol. The molecule has 154 valence electrons. The Morgan fingerprint density at radius 1 is 1.17 bits per heavy atom. The van der Waals surface area contributed by atoms with Crippen molar-refractivity contribution in [2.45, 2.75) is 37.6 Å². The summed E-state index contributed by atoms with van der Waals surface area (Å²) in [6.45, 7) is 3.09. The molecule has 2 fully saturated rings. The van der Waals surface area contributed by atoms with Gasteiger partial charge in [-0.2, -0.15) is 0 Å². The molecule has 2 amide bonds. The van der Waals surface area contributed by atoms with Crippen molar-refractivity contribution in [1.29, 1.82) is 0 Å². The zero-order valence-corrected chi connectivity index (χ0v) is 17.0. The van der Waals surface area contributed by atoms with Crippen molar-refractivity contribution in [2.24, 2.45) is 11.8 Å². The van der Waals surface area contributed by atoms with Gasteiger partial charge >= 0.3 is 0 Å². The molecule has 30 heavy (non-hydrogen) atoms. The lowest BCUT2D eigenvalue weighted by molar-refractivity contribution is -0.138. The normalized spacial score (nSPS) is 29.8. The Labute approximate surface area is 176 Å². The van der Waals surface area contributed by atoms with Crippen LogP contribution in [0.25, 0.3) is 0 Å². The van der Waals surface area contributed by atoms with Crippen LogP contribution in [0.3, 0.4) is 0 Å². The molecule has 5 atom stereocenters. The maximum Gasteiger partial charge on any atom is 0.230 e. The summed E-state index contributed by atoms with van der Waals surface area (Å²) in [5.74, 6) is -1.02. The molecule has 3 aliphatic rings. The van der Waals surface area contributed by atoms with Gasteiger partial charge in [0.1, 0.15) is 5.60 Å². The molecule has 2 aromatic carbocycles. The van der Waals surface area contributed by atoms with E-state index in [-0.39, 0.29) is 24.0 Å². The molecule has 5 unspecified atom stereocenters. The van der Waals surface area contributed by atoms with E-state index in [1.54, 1.807) is 0 Å². The molecule has 5 rings (SSSR count). The first kappa shape index (κ1) is 19.1. The van der Waals surface area contributed by atoms with E-state index in [2.05, 4.69) is 12.2 Å². The highest BCUT2D eigenvalue weighted by Gasteiger charge is 2.66. The SMILES string of the molecule is CCC(NC(=O)C1C2C=CC3(CN(Cc4ccccc4)C(=O)C13)O2)c1ccccc1. The molecular weight excluding hydrogens is 376 g/mol. The molecule has 0 saturated carbocycles. The van der Waals surface area contributed by atoms with Crippen LogP contribution in [-0.2, 0) is 20.9 Å². The summed E-state index contributed by atoms with van der Waals surface area (Å²) in [7, 11) is 0. The third-order valence-corrected chi connectivity index (χ3v) is 6.62. The highest BCUT2D eigenvalue weighted by atomic mass is 16.5. The lowest BCUT2D eigenvalue weighted by Gasteiger charge is -2.26. The first-order valence-electron chi connectivity index (χ1n) is 10.7. The predicted octanol–water partition coefficient (Wildman–Crippen LogP) is 3.24. The molecule has 2 bridgehead atoms. The second kappa shape index (κ2) is 7.40. The van der Waals surface area contributed by atoms with Crippen LogP contribution in [-0.4, -0.2) is 35.0 Å². The fourth-order valence-electron chi connectivity index (χ4n) is 5.19. The van der Waals surface area contributed by atoms with Crippen LogP contribution in [0.5, 0.6) is 0 Å². The van der Waals surface area contributed by atoms with E-state index in [1.807, 2.05) is 77.7 Å². The van der Waals surface area contributed by atoms with Gasteiger partial charge in [-0.1, -0.05) is 79.7 Å². The molecular formula is C25H26N2O3. The lowest BCUT2D eigenvalue weighted by atomic mass is 9.76. The number of fused-ring (bicyclic) bond motifs is 1. The summed E-state index contributed by atoms with van der Waals surface area (Å²) in [4.78, 5) is 28.5. The Hall–Kier alpha value is -2.92. The van der Waals surface area contributed by atoms with Crippen molar-refractivity contribution in [1.82, 2.24) is 10.2 Å². The minimum absolute atomic E-state index is 0.0126. The Morgan fingerprint density at radius 3 is 2.57 bits per heavy atom. The highest BCUT2D eigenvalue weighted by Crippen LogP contribution is 2.52. The van der Waals surface area contributed by atoms with E-state index in [4.69, 9.17) is 4.74 Å². The first-order chi connectivity index (χ1) is 14.6. The van der Waals surface area contributed by atoms with Crippen LogP contribution >= 0.6 is 0 Å². The van der Waals surface area contributed by atoms with Gasteiger partial charge in [0.2, 0.25) is 11.8 Å². The molecule has 1 N–H and O–H groups in total. The zero-order chi connectivity index (χ0) is 20.7. The number of rotatable bonds is 6. The Bertz CT molecular complexity index is 974. The van der Waals surface area contributed by atoms with Crippen molar-refractivity contribution in [3.05, 3.63) is 83.9 Å². The molecule has 5 heteroatoms. The number of carbonyl (C=O) groups is 2. The van der Waals surface area contributed by atoms with Gasteiger partial charge in [0.15, 0.2) is 0 Å². The number of hydrogen-bond donors (Lipinski definition) is 1. The van der Waals surface area contributed by atoms with E-state index in [0.717, 1.165) is 17.5 Å². The summed E-state index contributed by atoms with van der Waals surface area (Å²) in [6, 6.07) is 19.8. The Balaban J connectivity index is 1.36. The number of ether oxygens (including phenoxy) is 1. The molecule has 2 saturated heterocycles. The van der Waals surface area contributed by atoms with Crippen LogP contribution < -0.4 is 5.32 Å². The Kier molecular flexibility index (Phi) is 4.70. The molecule has 0 radical (unpaired) electrons. The molecule has 0 aliphatic carbocycles. The maximum absolute atomic E-state index is 13.3. The number of nitrogens with zero attached hydrogens (tertiary/aromatic N) is 1. The van der Waals surface area contributed by atoms with Crippen LogP contribution in [0.1, 0.15) is 30.5 Å². The minimum Gasteiger partial charge on any atom is -0.360 e. The van der Waals surface area contributed by atoms with Crippen molar-refractivity contribution >= 4 is 11.8 Å². The number of likely N-dealkylation sites (tertiary alicyclic amines) is 1. The topological polar surface area (TPSA) is 58.6 Å². The second-order valence-electron chi connectivity index (χ2n) is 8.46. The molecule has 2 aromatic rings. The van der Waals surface area contributed by atoms with Gasteiger partial charge in [-0.05, 0) is 17.5 Å². The molecule has 0 aromatic heterocycles. The number of amides is 2. The third-order valence-electron chi connectivity index (χ3n) is 6.62. The molecule has 3 heterocycles. The van der Waals surface area contributed by atoms with Crippen molar-refractivity contribution in [3.63, 3.8) is 0 Å². The van der Waals surface area contributed by atoms with Crippen molar-refractivity contribution < 1.29 is 14.3 Å². The van der Waals surface area contributed by atoms with Crippen LogP contribution in [0.15, 0.2) is 72.8 Å². The third kappa shape index (κ3) is 3.05. The highest BCUT2D eigenvalue weighted by molar-refractivity contribution is 5.93. The summed E-state index contributed by atoms with van der Waals surface area (Å²) in [6.07, 6.45) is 4.42. The molecule has 1 spiro atoms. The van der Waals surface area contributed by atoms with Gasteiger partial charge in [-0.3, -0.25) is 9.59 Å². The van der Waals surface area contributed by atoms with Gasteiger partial charge in [0.25, 0.3) is 0 Å². The number of nitrogens with one attached hydrogen (secondary N) is 1. The average Bonchev–Trinajstić information content (AvgIpc) is 3.41. The van der Waals surface area contributed by atoms with Gasteiger partial charge in [-0.15, -0.1) is 0 Å². The van der Waals surface area contributed by atoms with Crippen molar-refractivity contribution in [3.8, 4) is 0 Å². The minimum atomic E-state index is -0.674. The standard InChI is InChI=1S/C25H26N2O3/c1-2-19(18-11-7-4-8-12-18)26-23(28)21-20-13-14-25(30-20)16-27(24(29)22(21)25)15-17-9-5-3-6-10-17/h3-14,19-22H,2,15-16H2,1H3,(H,26,28). The quantitative estimate of drug-likeness (QED) is 0.755. The van der Waals surface area contributed by atoms with Crippen LogP contribution in [0.4, 0.5) is 0 Å². The second-order valence-corrected chi connectivity index (χ2v) is 8.46. The molecule has 5 nitrogen and oxygen atoms in total. The van der Waals surface area contributed by atoms with Gasteiger partial charge in [-0.25, -0.2) is 0 Å². The summed E-state index contributed by atoms with van der Waals surface area (Å²) in [5, 5.41) is 3.18. The first-order valence-corrected chi connectivity index (χ1v) is 10.7. The van der Waals surface area contributed by atoms with E-state index >= 15 is 0 Å². The zero-order valence-electron chi connectivity index (χ0n) is 17.0. The smallest absolute Gasteiger partial charge is 0.230 e. The molecule has 3 aliphatic heterocycles.